The first-order chi connectivity index (χ1) is 12.3. The maximum Gasteiger partial charge on any atom is 0.308 e. The van der Waals surface area contributed by atoms with Crippen molar-refractivity contribution in [3.05, 3.63) is 35.4 Å². The van der Waals surface area contributed by atoms with Crippen molar-refractivity contribution in [2.24, 2.45) is 11.8 Å². The van der Waals surface area contributed by atoms with Gasteiger partial charge in [-0.1, -0.05) is 39.3 Å². The van der Waals surface area contributed by atoms with E-state index in [4.69, 9.17) is 0 Å². The number of nitrogens with zero attached hydrogens (tertiary/aromatic N) is 1. The minimum atomic E-state index is -0.988. The molecule has 1 aliphatic heterocycles. The molecule has 0 spiro atoms. The van der Waals surface area contributed by atoms with Crippen molar-refractivity contribution in [2.75, 3.05) is 6.54 Å². The lowest BCUT2D eigenvalue weighted by atomic mass is 10.00. The van der Waals surface area contributed by atoms with Crippen LogP contribution in [0.2, 0.25) is 0 Å². The highest BCUT2D eigenvalue weighted by atomic mass is 16.4. The van der Waals surface area contributed by atoms with E-state index in [1.165, 1.54) is 0 Å². The van der Waals surface area contributed by atoms with Gasteiger partial charge in [0.15, 0.2) is 0 Å². The Kier molecular flexibility index (Phi) is 6.13. The lowest BCUT2D eigenvalue weighted by Gasteiger charge is -2.28. The van der Waals surface area contributed by atoms with Gasteiger partial charge in [0, 0.05) is 6.54 Å². The molecule has 2 unspecified atom stereocenters. The molecular formula is C19H24N2O5. The number of carbonyl (C=O) groups excluding carboxylic acids is 3. The normalized spacial score (nSPS) is 15.8. The van der Waals surface area contributed by atoms with Gasteiger partial charge < -0.3 is 10.4 Å². The average molecular weight is 360 g/mol. The molecule has 1 aliphatic rings. The van der Waals surface area contributed by atoms with Gasteiger partial charge in [-0.25, -0.2) is 0 Å². The molecule has 7 nitrogen and oxygen atoms in total. The molecule has 1 aromatic rings. The summed E-state index contributed by atoms with van der Waals surface area (Å²) in [4.78, 5) is 50.2. The molecule has 2 N–H and O–H groups in total. The summed E-state index contributed by atoms with van der Waals surface area (Å²) >= 11 is 0. The summed E-state index contributed by atoms with van der Waals surface area (Å²) in [5.74, 6) is -3.50. The highest BCUT2D eigenvalue weighted by Gasteiger charge is 2.43. The predicted molar refractivity (Wildman–Crippen MR) is 94.6 cm³/mol. The Morgan fingerprint density at radius 2 is 1.65 bits per heavy atom. The predicted octanol–water partition coefficient (Wildman–Crippen LogP) is 1.92. The number of nitrogens with one attached hydrogen (secondary N) is 1. The molecule has 0 fully saturated rings. The van der Waals surface area contributed by atoms with E-state index >= 15 is 0 Å². The third-order valence-corrected chi connectivity index (χ3v) is 4.51. The third kappa shape index (κ3) is 3.76. The van der Waals surface area contributed by atoms with E-state index in [-0.39, 0.29) is 23.6 Å². The highest BCUT2D eigenvalue weighted by molar-refractivity contribution is 6.22. The molecule has 2 rings (SSSR count). The van der Waals surface area contributed by atoms with Crippen molar-refractivity contribution in [3.8, 4) is 0 Å². The summed E-state index contributed by atoms with van der Waals surface area (Å²) in [5.41, 5.74) is 0.565. The molecule has 26 heavy (non-hydrogen) atoms. The number of rotatable bonds is 8. The monoisotopic (exact) mass is 360 g/mol. The van der Waals surface area contributed by atoms with Crippen LogP contribution in [0.5, 0.6) is 0 Å². The summed E-state index contributed by atoms with van der Waals surface area (Å²) in [6, 6.07) is 5.47. The van der Waals surface area contributed by atoms with Crippen molar-refractivity contribution >= 4 is 23.7 Å². The van der Waals surface area contributed by atoms with Crippen LogP contribution >= 0.6 is 0 Å². The van der Waals surface area contributed by atoms with Crippen molar-refractivity contribution < 1.29 is 24.3 Å². The fourth-order valence-corrected chi connectivity index (χ4v) is 3.17. The fraction of sp³-hybridized carbons (Fsp3) is 0.474. The second kappa shape index (κ2) is 8.12. The van der Waals surface area contributed by atoms with Crippen LogP contribution in [0.25, 0.3) is 0 Å². The van der Waals surface area contributed by atoms with Gasteiger partial charge in [0.25, 0.3) is 11.8 Å². The molecule has 1 heterocycles. The fourth-order valence-electron chi connectivity index (χ4n) is 3.17. The van der Waals surface area contributed by atoms with Gasteiger partial charge in [-0.3, -0.25) is 24.1 Å². The number of benzene rings is 1. The van der Waals surface area contributed by atoms with Gasteiger partial charge in [-0.15, -0.1) is 0 Å². The number of aliphatic carboxylic acids is 1. The van der Waals surface area contributed by atoms with E-state index in [0.717, 1.165) is 4.90 Å². The first-order valence-electron chi connectivity index (χ1n) is 8.77. The topological polar surface area (TPSA) is 104 Å². The van der Waals surface area contributed by atoms with Crippen molar-refractivity contribution in [1.29, 1.82) is 0 Å². The van der Waals surface area contributed by atoms with Gasteiger partial charge in [-0.05, 0) is 24.5 Å². The van der Waals surface area contributed by atoms with E-state index < -0.39 is 35.7 Å². The van der Waals surface area contributed by atoms with E-state index in [0.29, 0.717) is 12.8 Å². The van der Waals surface area contributed by atoms with Crippen LogP contribution in [0.1, 0.15) is 54.3 Å². The minimum Gasteiger partial charge on any atom is -0.481 e. The summed E-state index contributed by atoms with van der Waals surface area (Å²) < 4.78 is 0. The van der Waals surface area contributed by atoms with Crippen LogP contribution < -0.4 is 5.32 Å². The molecule has 0 bridgehead atoms. The number of imide groups is 1. The molecule has 0 saturated carbocycles. The maximum absolute atomic E-state index is 12.7. The quantitative estimate of drug-likeness (QED) is 0.689. The lowest BCUT2D eigenvalue weighted by molar-refractivity contribution is -0.142. The second-order valence-corrected chi connectivity index (χ2v) is 6.78. The van der Waals surface area contributed by atoms with E-state index in [2.05, 4.69) is 5.32 Å². The molecule has 2 atom stereocenters. The summed E-state index contributed by atoms with van der Waals surface area (Å²) in [5, 5.41) is 11.8. The Hall–Kier alpha value is -2.70. The lowest BCUT2D eigenvalue weighted by Crippen LogP contribution is -2.53. The molecule has 1 aromatic carbocycles. The Morgan fingerprint density at radius 3 is 2.08 bits per heavy atom. The minimum absolute atomic E-state index is 0.0333. The summed E-state index contributed by atoms with van der Waals surface area (Å²) in [6.45, 7) is 5.32. The smallest absolute Gasteiger partial charge is 0.308 e. The Bertz CT molecular complexity index is 693. The van der Waals surface area contributed by atoms with E-state index in [1.807, 2.05) is 6.92 Å². The molecule has 0 saturated heterocycles. The molecule has 140 valence electrons. The molecule has 0 aliphatic carbocycles. The maximum atomic E-state index is 12.7. The Balaban J connectivity index is 2.19. The number of hydrogen-bond donors (Lipinski definition) is 2. The van der Waals surface area contributed by atoms with E-state index in [9.17, 15) is 24.3 Å². The number of carboxylic acid groups (broad SMARTS) is 1. The zero-order valence-electron chi connectivity index (χ0n) is 15.2. The number of carboxylic acids is 1. The van der Waals surface area contributed by atoms with Crippen LogP contribution in [-0.4, -0.2) is 46.3 Å². The standard InChI is InChI=1S/C19H24N2O5/c1-4-7-12(19(25)26)10-20-16(22)15(11(2)3)21-17(23)13-8-5-6-9-14(13)18(21)24/h5-6,8-9,11-12,15H,4,7,10H2,1-3H3,(H,20,22)(H,25,26). The number of hydrogen-bond acceptors (Lipinski definition) is 4. The van der Waals surface area contributed by atoms with Crippen LogP contribution in [0.4, 0.5) is 0 Å². The highest BCUT2D eigenvalue weighted by Crippen LogP contribution is 2.27. The van der Waals surface area contributed by atoms with Crippen molar-refractivity contribution in [3.63, 3.8) is 0 Å². The zero-order valence-corrected chi connectivity index (χ0v) is 15.2. The molecule has 3 amide bonds. The van der Waals surface area contributed by atoms with Crippen LogP contribution in [0.15, 0.2) is 24.3 Å². The van der Waals surface area contributed by atoms with Crippen LogP contribution in [0.3, 0.4) is 0 Å². The number of amides is 3. The SMILES string of the molecule is CCCC(CNC(=O)C(C(C)C)N1C(=O)c2ccccc2C1=O)C(=O)O. The van der Waals surface area contributed by atoms with Crippen molar-refractivity contribution in [1.82, 2.24) is 10.2 Å². The average Bonchev–Trinajstić information content (AvgIpc) is 2.84. The number of fused-ring (bicyclic) bond motifs is 1. The second-order valence-electron chi connectivity index (χ2n) is 6.78. The molecule has 0 aromatic heterocycles. The first-order valence-corrected chi connectivity index (χ1v) is 8.77. The van der Waals surface area contributed by atoms with Gasteiger partial charge in [-0.2, -0.15) is 0 Å². The largest absolute Gasteiger partial charge is 0.481 e. The molecular weight excluding hydrogens is 336 g/mol. The Labute approximate surface area is 152 Å². The molecule has 7 heteroatoms. The summed E-state index contributed by atoms with van der Waals surface area (Å²) in [7, 11) is 0. The first kappa shape index (κ1) is 19.6. The van der Waals surface area contributed by atoms with Crippen molar-refractivity contribution in [2.45, 2.75) is 39.7 Å². The van der Waals surface area contributed by atoms with Gasteiger partial charge >= 0.3 is 5.97 Å². The van der Waals surface area contributed by atoms with Gasteiger partial charge in [0.1, 0.15) is 6.04 Å². The van der Waals surface area contributed by atoms with Crippen LogP contribution in [0, 0.1) is 11.8 Å². The molecule has 0 radical (unpaired) electrons. The Morgan fingerprint density at radius 1 is 1.12 bits per heavy atom. The van der Waals surface area contributed by atoms with Crippen LogP contribution in [-0.2, 0) is 9.59 Å². The third-order valence-electron chi connectivity index (χ3n) is 4.51. The summed E-state index contributed by atoms with van der Waals surface area (Å²) in [6.07, 6.45) is 1.12. The van der Waals surface area contributed by atoms with Gasteiger partial charge in [0.2, 0.25) is 5.91 Å². The zero-order chi connectivity index (χ0) is 19.4. The number of carbonyl (C=O) groups is 4. The van der Waals surface area contributed by atoms with Gasteiger partial charge in [0.05, 0.1) is 17.0 Å². The van der Waals surface area contributed by atoms with E-state index in [1.54, 1.807) is 38.1 Å².